The molecule has 35 heavy (non-hydrogen) atoms. The minimum atomic E-state index is 0.0330. The zero-order valence-electron chi connectivity index (χ0n) is 21.5. The first kappa shape index (κ1) is 24.7. The Bertz CT molecular complexity index is 1330. The summed E-state index contributed by atoms with van der Waals surface area (Å²) in [5.41, 5.74) is 6.10. The van der Waals surface area contributed by atoms with Crippen molar-refractivity contribution in [3.8, 4) is 17.5 Å². The summed E-state index contributed by atoms with van der Waals surface area (Å²) in [6, 6.07) is 17.3. The molecule has 0 amide bonds. The van der Waals surface area contributed by atoms with E-state index < -0.39 is 0 Å². The molecule has 6 nitrogen and oxygen atoms in total. The number of benzene rings is 2. The van der Waals surface area contributed by atoms with Crippen LogP contribution in [0.15, 0.2) is 48.7 Å². The number of nitrogens with one attached hydrogen (secondary N) is 2. The highest BCUT2D eigenvalue weighted by Crippen LogP contribution is 2.28. The van der Waals surface area contributed by atoms with E-state index in [0.717, 1.165) is 53.8 Å². The second-order valence-corrected chi connectivity index (χ2v) is 10.5. The Hall–Kier alpha value is -3.43. The van der Waals surface area contributed by atoms with Crippen LogP contribution < -0.4 is 5.32 Å². The van der Waals surface area contributed by atoms with Crippen LogP contribution >= 0.6 is 0 Å². The first-order valence-electron chi connectivity index (χ1n) is 12.5. The lowest BCUT2D eigenvalue weighted by molar-refractivity contribution is 0.262. The van der Waals surface area contributed by atoms with E-state index in [9.17, 15) is 5.26 Å². The van der Waals surface area contributed by atoms with Gasteiger partial charge in [0.15, 0.2) is 5.69 Å². The average Bonchev–Trinajstić information content (AvgIpc) is 3.43. The van der Waals surface area contributed by atoms with Crippen molar-refractivity contribution in [2.45, 2.75) is 73.0 Å². The lowest BCUT2D eigenvalue weighted by atomic mass is 9.83. The third-order valence-electron chi connectivity index (χ3n) is 6.81. The second kappa shape index (κ2) is 10.5. The van der Waals surface area contributed by atoms with Gasteiger partial charge in [-0.2, -0.15) is 10.4 Å². The maximum atomic E-state index is 9.98. The summed E-state index contributed by atoms with van der Waals surface area (Å²) in [4.78, 5) is 4.82. The third kappa shape index (κ3) is 5.47. The van der Waals surface area contributed by atoms with Crippen LogP contribution in [0, 0.1) is 23.7 Å². The van der Waals surface area contributed by atoms with Crippen molar-refractivity contribution >= 4 is 10.9 Å². The number of fused-ring (bicyclic) bond motifs is 1. The third-order valence-corrected chi connectivity index (χ3v) is 6.81. The number of aromatic nitrogens is 4. The van der Waals surface area contributed by atoms with Gasteiger partial charge in [0, 0.05) is 30.1 Å². The summed E-state index contributed by atoms with van der Waals surface area (Å²) in [7, 11) is 0. The van der Waals surface area contributed by atoms with E-state index in [1.807, 2.05) is 18.3 Å². The van der Waals surface area contributed by atoms with Gasteiger partial charge in [-0.1, -0.05) is 64.4 Å². The van der Waals surface area contributed by atoms with Crippen LogP contribution in [0.2, 0.25) is 0 Å². The van der Waals surface area contributed by atoms with Crippen molar-refractivity contribution < 1.29 is 0 Å². The summed E-state index contributed by atoms with van der Waals surface area (Å²) in [6.45, 7) is 12.5. The number of rotatable bonds is 9. The van der Waals surface area contributed by atoms with Crippen molar-refractivity contribution in [1.82, 2.24) is 25.1 Å². The fourth-order valence-corrected chi connectivity index (χ4v) is 4.60. The Labute approximate surface area is 208 Å². The molecule has 0 fully saturated rings. The largest absolute Gasteiger partial charge is 0.326 e. The predicted octanol–water partition coefficient (Wildman–Crippen LogP) is 6.15. The molecule has 1 atom stereocenters. The highest BCUT2D eigenvalue weighted by Gasteiger charge is 2.26. The van der Waals surface area contributed by atoms with Gasteiger partial charge < -0.3 is 9.88 Å². The summed E-state index contributed by atoms with van der Waals surface area (Å²) in [5, 5.41) is 22.1. The molecule has 2 aromatic heterocycles. The van der Waals surface area contributed by atoms with Crippen LogP contribution in [0.5, 0.6) is 0 Å². The van der Waals surface area contributed by atoms with Gasteiger partial charge in [0.2, 0.25) is 0 Å². The van der Waals surface area contributed by atoms with Gasteiger partial charge in [0.05, 0.1) is 17.4 Å². The van der Waals surface area contributed by atoms with E-state index in [0.29, 0.717) is 12.2 Å². The Kier molecular flexibility index (Phi) is 7.37. The molecule has 0 saturated carbocycles. The van der Waals surface area contributed by atoms with Crippen molar-refractivity contribution in [2.24, 2.45) is 5.41 Å². The molecule has 6 heteroatoms. The molecule has 0 spiro atoms. The first-order chi connectivity index (χ1) is 16.8. The zero-order valence-corrected chi connectivity index (χ0v) is 21.5. The van der Waals surface area contributed by atoms with Gasteiger partial charge in [0.1, 0.15) is 11.9 Å². The molecule has 182 valence electrons. The molecule has 0 aliphatic carbocycles. The van der Waals surface area contributed by atoms with E-state index in [1.165, 1.54) is 11.1 Å². The number of H-pyrrole nitrogens is 1. The number of aryl methyl sites for hydroxylation is 1. The molecule has 4 aromatic rings. The van der Waals surface area contributed by atoms with Gasteiger partial charge in [-0.15, -0.1) is 0 Å². The minimum absolute atomic E-state index is 0.0330. The molecule has 2 aromatic carbocycles. The predicted molar refractivity (Wildman–Crippen MR) is 142 cm³/mol. The lowest BCUT2D eigenvalue weighted by Gasteiger charge is -2.32. The number of nitrogens with zero attached hydrogens (tertiary/aromatic N) is 4. The normalized spacial score (nSPS) is 12.7. The molecular weight excluding hydrogens is 432 g/mol. The number of aromatic amines is 1. The van der Waals surface area contributed by atoms with Crippen molar-refractivity contribution in [3.63, 3.8) is 0 Å². The number of nitriles is 1. The van der Waals surface area contributed by atoms with Crippen molar-refractivity contribution in [3.05, 3.63) is 71.2 Å². The smallest absolute Gasteiger partial charge is 0.163 e. The van der Waals surface area contributed by atoms with E-state index in [4.69, 9.17) is 4.98 Å². The van der Waals surface area contributed by atoms with E-state index >= 15 is 0 Å². The Morgan fingerprint density at radius 1 is 1.17 bits per heavy atom. The Balaban J connectivity index is 1.65. The number of hydrogen-bond acceptors (Lipinski definition) is 4. The highest BCUT2D eigenvalue weighted by molar-refractivity contribution is 5.78. The standard InChI is InChI=1S/C29H36N6/c1-6-7-14-35-26(25(17-30)33-28(35)23-11-9-8-10-20(23)2)19-31-27(29(3,4)5)16-21-12-13-24-22(15-21)18-32-34-24/h8-13,15,18,27,31H,6-7,14,16,19H2,1-5H3,(H,32,34). The Morgan fingerprint density at radius 2 is 1.97 bits per heavy atom. The molecular formula is C29H36N6. The molecule has 2 heterocycles. The van der Waals surface area contributed by atoms with Crippen LogP contribution in [0.4, 0.5) is 0 Å². The van der Waals surface area contributed by atoms with Crippen LogP contribution in [0.3, 0.4) is 0 Å². The van der Waals surface area contributed by atoms with Crippen molar-refractivity contribution in [2.75, 3.05) is 0 Å². The molecule has 0 aliphatic rings. The minimum Gasteiger partial charge on any atom is -0.326 e. The number of hydrogen-bond donors (Lipinski definition) is 2. The van der Waals surface area contributed by atoms with Crippen LogP contribution in [0.25, 0.3) is 22.3 Å². The molecule has 4 rings (SSSR count). The SMILES string of the molecule is CCCCn1c(-c2ccccc2C)nc(C#N)c1CNC(Cc1ccc2[nH]ncc2c1)C(C)(C)C. The Morgan fingerprint density at radius 3 is 2.69 bits per heavy atom. The summed E-state index contributed by atoms with van der Waals surface area (Å²) in [6.07, 6.45) is 4.89. The van der Waals surface area contributed by atoms with Crippen LogP contribution in [-0.2, 0) is 19.5 Å². The molecule has 0 aliphatic heterocycles. The molecule has 0 bridgehead atoms. The second-order valence-electron chi connectivity index (χ2n) is 10.5. The zero-order chi connectivity index (χ0) is 25.0. The van der Waals surface area contributed by atoms with Gasteiger partial charge in [0.25, 0.3) is 0 Å². The van der Waals surface area contributed by atoms with Crippen LogP contribution in [-0.4, -0.2) is 25.8 Å². The monoisotopic (exact) mass is 468 g/mol. The van der Waals surface area contributed by atoms with E-state index in [2.05, 4.69) is 91.1 Å². The van der Waals surface area contributed by atoms with Gasteiger partial charge in [-0.05, 0) is 48.4 Å². The summed E-state index contributed by atoms with van der Waals surface area (Å²) in [5.74, 6) is 0.891. The van der Waals surface area contributed by atoms with Gasteiger partial charge in [-0.3, -0.25) is 5.10 Å². The fraction of sp³-hybridized carbons (Fsp3) is 0.414. The summed E-state index contributed by atoms with van der Waals surface area (Å²) < 4.78 is 2.26. The number of unbranched alkanes of at least 4 members (excludes halogenated alkanes) is 1. The average molecular weight is 469 g/mol. The first-order valence-corrected chi connectivity index (χ1v) is 12.5. The molecule has 1 unspecified atom stereocenters. The lowest BCUT2D eigenvalue weighted by Crippen LogP contribution is -2.42. The maximum absolute atomic E-state index is 9.98. The fourth-order valence-electron chi connectivity index (χ4n) is 4.60. The summed E-state index contributed by atoms with van der Waals surface area (Å²) >= 11 is 0. The molecule has 0 saturated heterocycles. The quantitative estimate of drug-likeness (QED) is 0.308. The highest BCUT2D eigenvalue weighted by atomic mass is 15.1. The molecule has 0 radical (unpaired) electrons. The van der Waals surface area contributed by atoms with Crippen molar-refractivity contribution in [1.29, 1.82) is 5.26 Å². The van der Waals surface area contributed by atoms with Crippen LogP contribution in [0.1, 0.15) is 63.1 Å². The van der Waals surface area contributed by atoms with E-state index in [-0.39, 0.29) is 11.5 Å². The topological polar surface area (TPSA) is 82.3 Å². The molecule has 2 N–H and O–H groups in total. The number of imidazole rings is 1. The van der Waals surface area contributed by atoms with Gasteiger partial charge >= 0.3 is 0 Å². The van der Waals surface area contributed by atoms with E-state index in [1.54, 1.807) is 0 Å². The van der Waals surface area contributed by atoms with Gasteiger partial charge in [-0.25, -0.2) is 4.98 Å². The maximum Gasteiger partial charge on any atom is 0.163 e.